The second-order valence-corrected chi connectivity index (χ2v) is 8.92. The molecule has 0 nitrogen and oxygen atoms in total. The van der Waals surface area contributed by atoms with E-state index in [2.05, 4.69) is 13.8 Å². The third-order valence-corrected chi connectivity index (χ3v) is 4.10. The van der Waals surface area contributed by atoms with Gasteiger partial charge in [0.2, 0.25) is 0 Å². The Morgan fingerprint density at radius 3 is 1.12 bits per heavy atom. The van der Waals surface area contributed by atoms with E-state index in [0.29, 0.717) is 0 Å². The maximum atomic E-state index is 4.93. The van der Waals surface area contributed by atoms with Gasteiger partial charge in [-0.1, -0.05) is 78.1 Å². The molecule has 0 N–H and O–H groups in total. The fraction of sp³-hybridized carbons (Fsp3) is 1.00. The van der Waals surface area contributed by atoms with E-state index in [0.717, 1.165) is 11.8 Å². The van der Waals surface area contributed by atoms with E-state index in [-0.39, 0.29) is 0 Å². The molecule has 0 atom stereocenters. The summed E-state index contributed by atoms with van der Waals surface area (Å²) in [7, 11) is 9.87. The Hall–Kier alpha value is 1.46. The summed E-state index contributed by atoms with van der Waals surface area (Å²) in [4.78, 5) is 0. The van der Waals surface area contributed by atoms with Gasteiger partial charge in [-0.25, -0.2) is 0 Å². The van der Waals surface area contributed by atoms with Gasteiger partial charge in [-0.15, -0.1) is 0 Å². The van der Waals surface area contributed by atoms with E-state index in [9.17, 15) is 0 Å². The third-order valence-electron chi connectivity index (χ3n) is 4.10. The third kappa shape index (κ3) is 11.0. The van der Waals surface area contributed by atoms with Crippen LogP contribution >= 0.6 is 17.0 Å². The predicted octanol–water partition coefficient (Wildman–Crippen LogP) is 6.55. The molecule has 0 radical (unpaired) electrons. The van der Waals surface area contributed by atoms with Crippen LogP contribution < -0.4 is 0 Å². The Bertz CT molecular complexity index is 125. The molecule has 0 spiro atoms. The molecule has 2 fully saturated rings. The predicted molar refractivity (Wildman–Crippen MR) is 76.2 cm³/mol. The molecule has 3 heteroatoms. The van der Waals surface area contributed by atoms with Crippen molar-refractivity contribution in [3.8, 4) is 0 Å². The summed E-state index contributed by atoms with van der Waals surface area (Å²) < 4.78 is 0. The molecular weight excluding hydrogens is 330 g/mol. The van der Waals surface area contributed by atoms with Gasteiger partial charge in [0.1, 0.15) is 0 Å². The molecule has 2 aliphatic carbocycles. The monoisotopic (exact) mass is 356 g/mol. The molecular formula is C14H28Cl2Zr. The molecule has 0 amide bonds. The van der Waals surface area contributed by atoms with Crippen LogP contribution in [-0.4, -0.2) is 0 Å². The Morgan fingerprint density at radius 2 is 1.00 bits per heavy atom. The van der Waals surface area contributed by atoms with Gasteiger partial charge in [0.05, 0.1) is 0 Å². The zero-order valence-corrected chi connectivity index (χ0v) is 15.5. The van der Waals surface area contributed by atoms with Crippen molar-refractivity contribution in [3.05, 3.63) is 0 Å². The average Bonchev–Trinajstić information content (AvgIpc) is 3.04. The first-order valence-electron chi connectivity index (χ1n) is 7.24. The second kappa shape index (κ2) is 13.9. The van der Waals surface area contributed by atoms with E-state index in [1.54, 1.807) is 0 Å². The van der Waals surface area contributed by atoms with Crippen molar-refractivity contribution in [1.29, 1.82) is 0 Å². The van der Waals surface area contributed by atoms with Crippen molar-refractivity contribution in [2.24, 2.45) is 11.8 Å². The quantitative estimate of drug-likeness (QED) is 0.525. The average molecular weight is 359 g/mol. The van der Waals surface area contributed by atoms with Crippen molar-refractivity contribution < 1.29 is 20.8 Å². The molecule has 0 heterocycles. The van der Waals surface area contributed by atoms with Gasteiger partial charge in [0.25, 0.3) is 0 Å². The van der Waals surface area contributed by atoms with E-state index < -0.39 is 20.8 Å². The minimum absolute atomic E-state index is 0.826. The zero-order valence-electron chi connectivity index (χ0n) is 11.5. The SMILES string of the molecule is CCC1CCCC1.CCC1CCCC1.[Cl][Zr][Cl]. The van der Waals surface area contributed by atoms with Crippen molar-refractivity contribution in [2.75, 3.05) is 0 Å². The number of hydrogen-bond acceptors (Lipinski definition) is 0. The van der Waals surface area contributed by atoms with Gasteiger partial charge in [0, 0.05) is 0 Å². The van der Waals surface area contributed by atoms with Crippen LogP contribution in [0.1, 0.15) is 78.1 Å². The van der Waals surface area contributed by atoms with Gasteiger partial charge in [-0.05, 0) is 11.8 Å². The minimum atomic E-state index is -0.826. The molecule has 0 aromatic carbocycles. The number of rotatable bonds is 2. The normalized spacial score (nSPS) is 20.2. The summed E-state index contributed by atoms with van der Waals surface area (Å²) in [6.45, 7) is 4.60. The zero-order chi connectivity index (χ0) is 12.9. The van der Waals surface area contributed by atoms with Gasteiger partial charge >= 0.3 is 37.9 Å². The van der Waals surface area contributed by atoms with Crippen LogP contribution in [0.5, 0.6) is 0 Å². The number of hydrogen-bond donors (Lipinski definition) is 0. The fourth-order valence-corrected chi connectivity index (χ4v) is 2.84. The summed E-state index contributed by atoms with van der Waals surface area (Å²) in [6, 6.07) is 0. The van der Waals surface area contributed by atoms with Gasteiger partial charge < -0.3 is 0 Å². The Labute approximate surface area is 127 Å². The first kappa shape index (κ1) is 18.5. The first-order valence-corrected chi connectivity index (χ1v) is 13.6. The summed E-state index contributed by atoms with van der Waals surface area (Å²) in [5.41, 5.74) is 0. The molecule has 0 aromatic heterocycles. The first-order chi connectivity index (χ1) is 8.28. The van der Waals surface area contributed by atoms with Gasteiger partial charge in [-0.3, -0.25) is 0 Å². The van der Waals surface area contributed by atoms with Crippen LogP contribution in [0.3, 0.4) is 0 Å². The summed E-state index contributed by atoms with van der Waals surface area (Å²) >= 11 is -0.826. The summed E-state index contributed by atoms with van der Waals surface area (Å²) in [5.74, 6) is 2.19. The van der Waals surface area contributed by atoms with Gasteiger partial charge in [-0.2, -0.15) is 0 Å². The summed E-state index contributed by atoms with van der Waals surface area (Å²) in [5, 5.41) is 0. The van der Waals surface area contributed by atoms with E-state index in [1.807, 2.05) is 0 Å². The molecule has 0 bridgehead atoms. The van der Waals surface area contributed by atoms with Gasteiger partial charge in [0.15, 0.2) is 0 Å². The molecule has 0 aromatic rings. The molecule has 0 unspecified atom stereocenters. The molecule has 0 aliphatic heterocycles. The van der Waals surface area contributed by atoms with Crippen LogP contribution in [0.25, 0.3) is 0 Å². The molecule has 17 heavy (non-hydrogen) atoms. The van der Waals surface area contributed by atoms with E-state index in [1.165, 1.54) is 64.2 Å². The van der Waals surface area contributed by atoms with E-state index in [4.69, 9.17) is 17.0 Å². The topological polar surface area (TPSA) is 0 Å². The van der Waals surface area contributed by atoms with Crippen LogP contribution in [0.2, 0.25) is 0 Å². The molecule has 2 saturated carbocycles. The Kier molecular flexibility index (Phi) is 15.1. The van der Waals surface area contributed by atoms with E-state index >= 15 is 0 Å². The van der Waals surface area contributed by atoms with Crippen molar-refractivity contribution in [2.45, 2.75) is 78.1 Å². The van der Waals surface area contributed by atoms with Crippen molar-refractivity contribution >= 4 is 17.0 Å². The van der Waals surface area contributed by atoms with Crippen molar-refractivity contribution in [3.63, 3.8) is 0 Å². The van der Waals surface area contributed by atoms with Crippen LogP contribution in [-0.2, 0) is 20.8 Å². The molecule has 2 rings (SSSR count). The molecule has 0 saturated heterocycles. The standard InChI is InChI=1S/2C7H14.2ClH.Zr/c2*1-2-7-5-3-4-6-7;;;/h2*7H,2-6H2,1H3;2*1H;/q;;;;+2/p-2. The second-order valence-electron chi connectivity index (χ2n) is 5.19. The van der Waals surface area contributed by atoms with Crippen LogP contribution in [0, 0.1) is 11.8 Å². The number of halogens is 2. The maximum absolute atomic E-state index is 4.93. The fourth-order valence-electron chi connectivity index (χ4n) is 2.84. The van der Waals surface area contributed by atoms with Crippen molar-refractivity contribution in [1.82, 2.24) is 0 Å². The van der Waals surface area contributed by atoms with Crippen LogP contribution in [0.15, 0.2) is 0 Å². The molecule has 102 valence electrons. The Morgan fingerprint density at radius 1 is 0.765 bits per heavy atom. The van der Waals surface area contributed by atoms with Crippen LogP contribution in [0.4, 0.5) is 0 Å². The summed E-state index contributed by atoms with van der Waals surface area (Å²) in [6.07, 6.45) is 14.9. The molecule has 2 aliphatic rings. The Balaban J connectivity index is 0.000000247.